The molecule has 4 heterocycles. The lowest BCUT2D eigenvalue weighted by molar-refractivity contribution is 0.584. The van der Waals surface area contributed by atoms with Gasteiger partial charge in [-0.05, 0) is 30.3 Å². The van der Waals surface area contributed by atoms with E-state index in [1.165, 1.54) is 12.3 Å². The third-order valence-corrected chi connectivity index (χ3v) is 3.67. The molecule has 0 aliphatic carbocycles. The van der Waals surface area contributed by atoms with Crippen LogP contribution >= 0.6 is 0 Å². The molecule has 0 fully saturated rings. The van der Waals surface area contributed by atoms with Crippen LogP contribution in [-0.4, -0.2) is 19.5 Å². The highest BCUT2D eigenvalue weighted by Crippen LogP contribution is 2.28. The topological polar surface area (TPSA) is 43.6 Å². The monoisotopic (exact) mass is 277 g/mol. The van der Waals surface area contributed by atoms with E-state index in [1.807, 2.05) is 36.0 Å². The number of hydrogen-bond donors (Lipinski definition) is 0. The van der Waals surface area contributed by atoms with Crippen molar-refractivity contribution in [3.8, 4) is 11.3 Å². The SMILES string of the molecule is Cn1c2ccncc2c2ccc(-c3ccc([18F])nc3)nc21. The van der Waals surface area contributed by atoms with Crippen LogP contribution in [0.5, 0.6) is 0 Å². The van der Waals surface area contributed by atoms with E-state index in [4.69, 9.17) is 0 Å². The summed E-state index contributed by atoms with van der Waals surface area (Å²) < 4.78 is 15.0. The maximum Gasteiger partial charge on any atom is 0.212 e. The first kappa shape index (κ1) is 12.0. The van der Waals surface area contributed by atoms with Crippen molar-refractivity contribution in [2.45, 2.75) is 0 Å². The zero-order valence-corrected chi connectivity index (χ0v) is 11.3. The molecule has 102 valence electrons. The molecule has 0 aliphatic heterocycles. The molecule has 21 heavy (non-hydrogen) atoms. The summed E-state index contributed by atoms with van der Waals surface area (Å²) >= 11 is 0. The highest BCUT2D eigenvalue weighted by atomic mass is 18.2. The largest absolute Gasteiger partial charge is 0.328 e. The van der Waals surface area contributed by atoms with E-state index in [-0.39, 0.29) is 0 Å². The average Bonchev–Trinajstić information content (AvgIpc) is 2.81. The molecule has 4 rings (SSSR count). The van der Waals surface area contributed by atoms with Crippen LogP contribution in [0.2, 0.25) is 0 Å². The first-order valence-corrected chi connectivity index (χ1v) is 6.55. The molecule has 0 unspecified atom stereocenters. The van der Waals surface area contributed by atoms with Crippen molar-refractivity contribution >= 4 is 21.9 Å². The fraction of sp³-hybridized carbons (Fsp3) is 0.0625. The highest BCUT2D eigenvalue weighted by molar-refractivity contribution is 6.06. The Morgan fingerprint density at radius 2 is 1.90 bits per heavy atom. The van der Waals surface area contributed by atoms with E-state index in [0.717, 1.165) is 33.2 Å². The van der Waals surface area contributed by atoms with Gasteiger partial charge in [0.05, 0.1) is 11.2 Å². The molecule has 0 radical (unpaired) electrons. The van der Waals surface area contributed by atoms with Crippen LogP contribution in [0, 0.1) is 5.95 Å². The van der Waals surface area contributed by atoms with E-state index < -0.39 is 5.95 Å². The molecule has 4 nitrogen and oxygen atoms in total. The van der Waals surface area contributed by atoms with Crippen LogP contribution in [0.3, 0.4) is 0 Å². The molecule has 0 N–H and O–H groups in total. The number of hydrogen-bond acceptors (Lipinski definition) is 3. The summed E-state index contributed by atoms with van der Waals surface area (Å²) in [6.45, 7) is 0. The molecule has 0 spiro atoms. The van der Waals surface area contributed by atoms with Crippen LogP contribution in [0.15, 0.2) is 48.9 Å². The summed E-state index contributed by atoms with van der Waals surface area (Å²) in [5.41, 5.74) is 3.53. The van der Waals surface area contributed by atoms with E-state index in [1.54, 1.807) is 12.3 Å². The van der Waals surface area contributed by atoms with Crippen molar-refractivity contribution < 1.29 is 4.39 Å². The smallest absolute Gasteiger partial charge is 0.212 e. The zero-order chi connectivity index (χ0) is 14.4. The second-order valence-corrected chi connectivity index (χ2v) is 4.89. The van der Waals surface area contributed by atoms with Crippen LogP contribution in [-0.2, 0) is 7.05 Å². The number of nitrogens with zero attached hydrogens (tertiary/aromatic N) is 4. The molecule has 0 saturated heterocycles. The minimum absolute atomic E-state index is 0.490. The van der Waals surface area contributed by atoms with Crippen molar-refractivity contribution in [2.24, 2.45) is 7.05 Å². The fourth-order valence-electron chi connectivity index (χ4n) is 2.60. The van der Waals surface area contributed by atoms with Gasteiger partial charge in [-0.1, -0.05) is 0 Å². The number of aryl methyl sites for hydroxylation is 1. The molecule has 5 heteroatoms. The molecule has 4 aromatic rings. The second kappa shape index (κ2) is 4.34. The first-order valence-electron chi connectivity index (χ1n) is 6.55. The first-order chi connectivity index (χ1) is 10.2. The van der Waals surface area contributed by atoms with Crippen molar-refractivity contribution in [2.75, 3.05) is 0 Å². The minimum Gasteiger partial charge on any atom is -0.328 e. The fourth-order valence-corrected chi connectivity index (χ4v) is 2.60. The van der Waals surface area contributed by atoms with Gasteiger partial charge in [0.1, 0.15) is 5.65 Å². The highest BCUT2D eigenvalue weighted by Gasteiger charge is 2.10. The van der Waals surface area contributed by atoms with Gasteiger partial charge in [0, 0.05) is 42.0 Å². The Kier molecular flexibility index (Phi) is 2.47. The summed E-state index contributed by atoms with van der Waals surface area (Å²) in [6.07, 6.45) is 5.11. The van der Waals surface area contributed by atoms with Gasteiger partial charge in [0.25, 0.3) is 0 Å². The minimum atomic E-state index is -0.490. The normalized spacial score (nSPS) is 11.3. The summed E-state index contributed by atoms with van der Waals surface area (Å²) in [5.74, 6) is -0.490. The Morgan fingerprint density at radius 3 is 2.71 bits per heavy atom. The Labute approximate surface area is 119 Å². The van der Waals surface area contributed by atoms with Gasteiger partial charge in [-0.25, -0.2) is 9.97 Å². The summed E-state index contributed by atoms with van der Waals surface area (Å²) in [4.78, 5) is 12.5. The summed E-state index contributed by atoms with van der Waals surface area (Å²) in [7, 11) is 1.98. The lowest BCUT2D eigenvalue weighted by Gasteiger charge is -2.02. The lowest BCUT2D eigenvalue weighted by atomic mass is 10.1. The van der Waals surface area contributed by atoms with Crippen LogP contribution in [0.1, 0.15) is 0 Å². The number of halogens is 1. The summed E-state index contributed by atoms with van der Waals surface area (Å²) in [6, 6.07) is 8.93. The maximum atomic E-state index is 12.9. The molecule has 0 aromatic carbocycles. The van der Waals surface area contributed by atoms with Gasteiger partial charge in [0.2, 0.25) is 5.95 Å². The Hall–Kier alpha value is -2.82. The van der Waals surface area contributed by atoms with E-state index in [0.29, 0.717) is 0 Å². The number of aromatic nitrogens is 4. The van der Waals surface area contributed by atoms with E-state index in [2.05, 4.69) is 15.0 Å². The second-order valence-electron chi connectivity index (χ2n) is 4.89. The summed E-state index contributed by atoms with van der Waals surface area (Å²) in [5, 5.41) is 2.13. The molecular weight excluding hydrogens is 266 g/mol. The van der Waals surface area contributed by atoms with Gasteiger partial charge in [-0.3, -0.25) is 4.98 Å². The van der Waals surface area contributed by atoms with Gasteiger partial charge in [-0.15, -0.1) is 0 Å². The van der Waals surface area contributed by atoms with Gasteiger partial charge >= 0.3 is 0 Å². The van der Waals surface area contributed by atoms with E-state index in [9.17, 15) is 4.39 Å². The molecule has 0 saturated carbocycles. The molecule has 0 atom stereocenters. The third kappa shape index (κ3) is 1.78. The number of rotatable bonds is 1. The number of pyridine rings is 3. The average molecular weight is 277 g/mol. The van der Waals surface area contributed by atoms with Crippen molar-refractivity contribution in [1.29, 1.82) is 0 Å². The molecular formula is C16H11FN4. The molecule has 4 aromatic heterocycles. The predicted molar refractivity (Wildman–Crippen MR) is 79.2 cm³/mol. The van der Waals surface area contributed by atoms with Crippen molar-refractivity contribution in [3.05, 3.63) is 54.9 Å². The predicted octanol–water partition coefficient (Wildman–Crippen LogP) is 3.32. The molecule has 0 bridgehead atoms. The maximum absolute atomic E-state index is 12.9. The standard InChI is InChI=1S/C16H11FN4/c1-21-14-6-7-18-9-12(14)11-3-4-13(20-16(11)21)10-2-5-15(17)19-8-10/h2-9H,1H3/i17-1. The zero-order valence-electron chi connectivity index (χ0n) is 11.3. The van der Waals surface area contributed by atoms with Gasteiger partial charge < -0.3 is 4.57 Å². The van der Waals surface area contributed by atoms with Crippen LogP contribution < -0.4 is 0 Å². The third-order valence-electron chi connectivity index (χ3n) is 3.67. The van der Waals surface area contributed by atoms with Gasteiger partial charge in [0.15, 0.2) is 0 Å². The number of fused-ring (bicyclic) bond motifs is 3. The van der Waals surface area contributed by atoms with Crippen LogP contribution in [0.4, 0.5) is 4.39 Å². The van der Waals surface area contributed by atoms with E-state index >= 15 is 0 Å². The Balaban J connectivity index is 2.00. The quantitative estimate of drug-likeness (QED) is 0.501. The van der Waals surface area contributed by atoms with Gasteiger partial charge in [-0.2, -0.15) is 4.39 Å². The molecule has 0 aliphatic rings. The lowest BCUT2D eigenvalue weighted by Crippen LogP contribution is -1.92. The van der Waals surface area contributed by atoms with Crippen molar-refractivity contribution in [3.63, 3.8) is 0 Å². The Bertz CT molecular complexity index is 957. The van der Waals surface area contributed by atoms with Crippen molar-refractivity contribution in [1.82, 2.24) is 19.5 Å². The molecule has 0 amide bonds. The van der Waals surface area contributed by atoms with Crippen LogP contribution in [0.25, 0.3) is 33.2 Å². The Morgan fingerprint density at radius 1 is 1.00 bits per heavy atom.